The summed E-state index contributed by atoms with van der Waals surface area (Å²) in [6.45, 7) is 2.26. The highest BCUT2D eigenvalue weighted by Crippen LogP contribution is 2.44. The van der Waals surface area contributed by atoms with Gasteiger partial charge >= 0.3 is 0 Å². The lowest BCUT2D eigenvalue weighted by molar-refractivity contribution is 0.0737. The summed E-state index contributed by atoms with van der Waals surface area (Å²) >= 11 is 0. The van der Waals surface area contributed by atoms with E-state index in [1.165, 1.54) is 21.3 Å². The van der Waals surface area contributed by atoms with E-state index in [4.69, 9.17) is 18.6 Å². The molecule has 7 heteroatoms. The van der Waals surface area contributed by atoms with E-state index in [1.807, 2.05) is 6.92 Å². The van der Waals surface area contributed by atoms with Crippen LogP contribution in [-0.4, -0.2) is 38.7 Å². The van der Waals surface area contributed by atoms with Gasteiger partial charge in [-0.25, -0.2) is 0 Å². The molecule has 29 heavy (non-hydrogen) atoms. The first kappa shape index (κ1) is 18.9. The van der Waals surface area contributed by atoms with Crippen molar-refractivity contribution in [1.29, 1.82) is 0 Å². The topological polar surface area (TPSA) is 78.2 Å². The van der Waals surface area contributed by atoms with Crippen LogP contribution in [0, 0.1) is 0 Å². The van der Waals surface area contributed by atoms with Crippen LogP contribution in [-0.2, 0) is 0 Å². The number of para-hydroxylation sites is 1. The van der Waals surface area contributed by atoms with Crippen molar-refractivity contribution in [2.45, 2.75) is 13.0 Å². The van der Waals surface area contributed by atoms with Crippen LogP contribution in [0.4, 0.5) is 0 Å². The Labute approximate surface area is 167 Å². The molecule has 0 saturated heterocycles. The van der Waals surface area contributed by atoms with Crippen LogP contribution in [0.3, 0.4) is 0 Å². The summed E-state index contributed by atoms with van der Waals surface area (Å²) in [4.78, 5) is 28.0. The Bertz CT molecular complexity index is 1140. The first-order valence-electron chi connectivity index (χ1n) is 9.22. The minimum absolute atomic E-state index is 0.0781. The number of benzene rings is 2. The highest BCUT2D eigenvalue weighted by atomic mass is 16.5. The molecule has 0 fully saturated rings. The van der Waals surface area contributed by atoms with Crippen molar-refractivity contribution in [3.63, 3.8) is 0 Å². The SMILES string of the molecule is CCN1C(=O)c2oc3ccccc3c(=O)c2C1c1cc(OC)c(OC)c(OC)c1. The largest absolute Gasteiger partial charge is 0.493 e. The number of nitrogens with zero attached hydrogens (tertiary/aromatic N) is 1. The lowest BCUT2D eigenvalue weighted by atomic mass is 9.97. The van der Waals surface area contributed by atoms with Crippen LogP contribution in [0.1, 0.15) is 34.6 Å². The predicted molar refractivity (Wildman–Crippen MR) is 107 cm³/mol. The second-order valence-electron chi connectivity index (χ2n) is 6.62. The van der Waals surface area contributed by atoms with Gasteiger partial charge in [0.1, 0.15) is 5.58 Å². The van der Waals surface area contributed by atoms with Gasteiger partial charge in [-0.2, -0.15) is 0 Å². The van der Waals surface area contributed by atoms with E-state index in [0.29, 0.717) is 45.9 Å². The van der Waals surface area contributed by atoms with Crippen molar-refractivity contribution in [2.24, 2.45) is 0 Å². The molecule has 0 saturated carbocycles. The number of hydrogen-bond acceptors (Lipinski definition) is 6. The molecule has 0 radical (unpaired) electrons. The molecule has 2 heterocycles. The van der Waals surface area contributed by atoms with E-state index in [1.54, 1.807) is 41.3 Å². The average molecular weight is 395 g/mol. The summed E-state index contributed by atoms with van der Waals surface area (Å²) in [5, 5.41) is 0.439. The van der Waals surface area contributed by atoms with Gasteiger partial charge in [-0.1, -0.05) is 12.1 Å². The highest BCUT2D eigenvalue weighted by Gasteiger charge is 2.42. The molecule has 0 spiro atoms. The predicted octanol–water partition coefficient (Wildman–Crippen LogP) is 3.38. The van der Waals surface area contributed by atoms with Crippen molar-refractivity contribution in [1.82, 2.24) is 4.90 Å². The van der Waals surface area contributed by atoms with E-state index in [-0.39, 0.29) is 17.1 Å². The first-order chi connectivity index (χ1) is 14.0. The Morgan fingerprint density at radius 3 is 2.24 bits per heavy atom. The Morgan fingerprint density at radius 2 is 1.66 bits per heavy atom. The summed E-state index contributed by atoms with van der Waals surface area (Å²) in [5.74, 6) is 1.10. The normalized spacial score (nSPS) is 15.5. The standard InChI is InChI=1S/C22H21NO6/c1-5-23-18(12-10-15(26-2)20(28-4)16(11-12)27-3)17-19(24)13-8-6-7-9-14(13)29-21(17)22(23)25/h6-11,18H,5H2,1-4H3. The molecule has 150 valence electrons. The molecule has 7 nitrogen and oxygen atoms in total. The molecule has 0 bridgehead atoms. The van der Waals surface area contributed by atoms with Gasteiger partial charge in [-0.3, -0.25) is 9.59 Å². The van der Waals surface area contributed by atoms with Gasteiger partial charge < -0.3 is 23.5 Å². The van der Waals surface area contributed by atoms with Gasteiger partial charge in [0.25, 0.3) is 5.91 Å². The summed E-state index contributed by atoms with van der Waals surface area (Å²) < 4.78 is 22.2. The van der Waals surface area contributed by atoms with E-state index in [9.17, 15) is 9.59 Å². The molecule has 0 aliphatic carbocycles. The quantitative estimate of drug-likeness (QED) is 0.659. The Hall–Kier alpha value is -3.48. The van der Waals surface area contributed by atoms with E-state index < -0.39 is 6.04 Å². The summed E-state index contributed by atoms with van der Waals surface area (Å²) in [6, 6.07) is 9.83. The van der Waals surface area contributed by atoms with Crippen molar-refractivity contribution in [2.75, 3.05) is 27.9 Å². The minimum atomic E-state index is -0.614. The number of carbonyl (C=O) groups is 1. The van der Waals surface area contributed by atoms with Crippen molar-refractivity contribution in [3.8, 4) is 17.2 Å². The van der Waals surface area contributed by atoms with Crippen LogP contribution in [0.25, 0.3) is 11.0 Å². The fourth-order valence-corrected chi connectivity index (χ4v) is 3.90. The van der Waals surface area contributed by atoms with Crippen molar-refractivity contribution < 1.29 is 23.4 Å². The maximum Gasteiger partial charge on any atom is 0.290 e. The average Bonchev–Trinajstić information content (AvgIpc) is 3.04. The molecule has 2 aromatic carbocycles. The van der Waals surface area contributed by atoms with Gasteiger partial charge in [-0.05, 0) is 36.8 Å². The van der Waals surface area contributed by atoms with Crippen LogP contribution in [0.15, 0.2) is 45.6 Å². The summed E-state index contributed by atoms with van der Waals surface area (Å²) in [7, 11) is 4.57. The molecular weight excluding hydrogens is 374 g/mol. The zero-order valence-electron chi connectivity index (χ0n) is 16.6. The third kappa shape index (κ3) is 2.73. The zero-order valence-corrected chi connectivity index (χ0v) is 16.6. The van der Waals surface area contributed by atoms with E-state index in [2.05, 4.69) is 0 Å². The number of ether oxygens (including phenoxy) is 3. The van der Waals surface area contributed by atoms with Crippen molar-refractivity contribution in [3.05, 3.63) is 63.5 Å². The number of carbonyl (C=O) groups excluding carboxylic acids is 1. The molecule has 1 amide bonds. The first-order valence-corrected chi connectivity index (χ1v) is 9.22. The van der Waals surface area contributed by atoms with Crippen LogP contribution in [0.5, 0.6) is 17.2 Å². The number of fused-ring (bicyclic) bond motifs is 2. The third-order valence-corrected chi connectivity index (χ3v) is 5.22. The second kappa shape index (κ2) is 7.16. The Balaban J connectivity index is 2.02. The smallest absolute Gasteiger partial charge is 0.290 e. The molecule has 1 unspecified atom stereocenters. The van der Waals surface area contributed by atoms with Crippen molar-refractivity contribution >= 4 is 16.9 Å². The Morgan fingerprint density at radius 1 is 1.00 bits per heavy atom. The molecule has 1 aromatic heterocycles. The molecular formula is C22H21NO6. The lowest BCUT2D eigenvalue weighted by Crippen LogP contribution is -2.29. The van der Waals surface area contributed by atoms with E-state index in [0.717, 1.165) is 0 Å². The third-order valence-electron chi connectivity index (χ3n) is 5.22. The lowest BCUT2D eigenvalue weighted by Gasteiger charge is -2.25. The minimum Gasteiger partial charge on any atom is -0.493 e. The van der Waals surface area contributed by atoms with Crippen LogP contribution >= 0.6 is 0 Å². The van der Waals surface area contributed by atoms with Crippen LogP contribution < -0.4 is 19.6 Å². The fourth-order valence-electron chi connectivity index (χ4n) is 3.90. The molecule has 1 aliphatic rings. The number of hydrogen-bond donors (Lipinski definition) is 0. The van der Waals surface area contributed by atoms with Crippen LogP contribution in [0.2, 0.25) is 0 Å². The highest BCUT2D eigenvalue weighted by molar-refractivity contribution is 5.99. The molecule has 1 atom stereocenters. The monoisotopic (exact) mass is 395 g/mol. The second-order valence-corrected chi connectivity index (χ2v) is 6.62. The summed E-state index contributed by atoms with van der Waals surface area (Å²) in [6.07, 6.45) is 0. The van der Waals surface area contributed by atoms with Gasteiger partial charge in [0.15, 0.2) is 16.9 Å². The number of rotatable bonds is 5. The molecule has 4 rings (SSSR count). The Kier molecular flexibility index (Phi) is 4.66. The number of amides is 1. The van der Waals surface area contributed by atoms with Gasteiger partial charge in [0.05, 0.1) is 38.3 Å². The fraction of sp³-hybridized carbons (Fsp3) is 0.273. The van der Waals surface area contributed by atoms with E-state index >= 15 is 0 Å². The number of methoxy groups -OCH3 is 3. The maximum atomic E-state index is 13.3. The molecule has 3 aromatic rings. The molecule has 0 N–H and O–H groups in total. The zero-order chi connectivity index (χ0) is 20.7. The van der Waals surface area contributed by atoms with Gasteiger partial charge in [-0.15, -0.1) is 0 Å². The molecule has 1 aliphatic heterocycles. The van der Waals surface area contributed by atoms with Gasteiger partial charge in [0, 0.05) is 6.54 Å². The summed E-state index contributed by atoms with van der Waals surface area (Å²) in [5.41, 5.74) is 1.18. The maximum absolute atomic E-state index is 13.3. The van der Waals surface area contributed by atoms with Gasteiger partial charge in [0.2, 0.25) is 11.5 Å².